The summed E-state index contributed by atoms with van der Waals surface area (Å²) in [5.41, 5.74) is 0.774. The van der Waals surface area contributed by atoms with Crippen molar-refractivity contribution in [3.8, 4) is 0 Å². The van der Waals surface area contributed by atoms with Gasteiger partial charge in [0.15, 0.2) is 17.1 Å². The number of hydrogen-bond donors (Lipinski definition) is 0. The Labute approximate surface area is 173 Å². The van der Waals surface area contributed by atoms with E-state index in [4.69, 9.17) is 4.74 Å². The predicted octanol–water partition coefficient (Wildman–Crippen LogP) is 3.53. The van der Waals surface area contributed by atoms with Crippen LogP contribution in [0, 0.1) is 5.82 Å². The summed E-state index contributed by atoms with van der Waals surface area (Å²) in [6.45, 7) is 1.36. The first-order chi connectivity index (χ1) is 14.7. The van der Waals surface area contributed by atoms with E-state index in [0.29, 0.717) is 31.6 Å². The number of aromatic nitrogens is 2. The normalized spacial score (nSPS) is 25.4. The minimum atomic E-state index is -0.733. The fraction of sp³-hybridized carbons (Fsp3) is 0.391. The number of ether oxygens (including phenoxy) is 1. The van der Waals surface area contributed by atoms with E-state index in [0.717, 1.165) is 18.7 Å². The molecule has 3 aromatic rings. The second kappa shape index (κ2) is 6.54. The zero-order valence-corrected chi connectivity index (χ0v) is 16.6. The van der Waals surface area contributed by atoms with Crippen LogP contribution in [0.1, 0.15) is 37.3 Å². The van der Waals surface area contributed by atoms with Gasteiger partial charge in [0, 0.05) is 38.3 Å². The summed E-state index contributed by atoms with van der Waals surface area (Å²) in [6.07, 6.45) is 6.30. The second-order valence-electron chi connectivity index (χ2n) is 8.43. The van der Waals surface area contributed by atoms with Gasteiger partial charge in [0.2, 0.25) is 0 Å². The van der Waals surface area contributed by atoms with Gasteiger partial charge in [-0.05, 0) is 30.5 Å². The lowest BCUT2D eigenvalue weighted by molar-refractivity contribution is -0.140. The second-order valence-corrected chi connectivity index (χ2v) is 8.43. The van der Waals surface area contributed by atoms with Crippen molar-refractivity contribution in [2.75, 3.05) is 18.0 Å². The van der Waals surface area contributed by atoms with E-state index < -0.39 is 5.60 Å². The topological polar surface area (TPSA) is 50.1 Å². The highest BCUT2D eigenvalue weighted by atomic mass is 19.1. The highest BCUT2D eigenvalue weighted by Crippen LogP contribution is 2.47. The van der Waals surface area contributed by atoms with Gasteiger partial charge in [-0.1, -0.05) is 30.3 Å². The van der Waals surface area contributed by atoms with Crippen molar-refractivity contribution in [3.05, 3.63) is 66.2 Å². The fourth-order valence-corrected chi connectivity index (χ4v) is 5.37. The van der Waals surface area contributed by atoms with Crippen molar-refractivity contribution in [1.29, 1.82) is 0 Å². The quantitative estimate of drug-likeness (QED) is 0.653. The maximum atomic E-state index is 13.9. The number of nitrogens with zero attached hydrogens (tertiary/aromatic N) is 4. The molecule has 2 atom stereocenters. The molecule has 0 aliphatic carbocycles. The Kier molecular flexibility index (Phi) is 3.90. The predicted molar refractivity (Wildman–Crippen MR) is 109 cm³/mol. The SMILES string of the molecule is O=C1N2[C@@H](CC[C@H]2c2ccccc2)OC12CCN(c1ccnc3c(F)ccn13)CC2. The van der Waals surface area contributed by atoms with E-state index in [1.807, 2.05) is 29.2 Å². The first-order valence-electron chi connectivity index (χ1n) is 10.6. The fourth-order valence-electron chi connectivity index (χ4n) is 5.37. The van der Waals surface area contributed by atoms with Crippen LogP contribution in [-0.4, -0.2) is 45.1 Å². The molecule has 30 heavy (non-hydrogen) atoms. The number of halogens is 1. The molecule has 3 fully saturated rings. The molecule has 1 spiro atoms. The molecule has 154 valence electrons. The smallest absolute Gasteiger partial charge is 0.257 e. The van der Waals surface area contributed by atoms with Crippen LogP contribution in [0.15, 0.2) is 54.9 Å². The molecular weight excluding hydrogens is 383 g/mol. The summed E-state index contributed by atoms with van der Waals surface area (Å²) in [5.74, 6) is 0.699. The van der Waals surface area contributed by atoms with Crippen molar-refractivity contribution in [2.24, 2.45) is 0 Å². The van der Waals surface area contributed by atoms with Crippen LogP contribution in [-0.2, 0) is 9.53 Å². The number of piperidine rings is 1. The summed E-state index contributed by atoms with van der Waals surface area (Å²) in [6, 6.07) is 13.7. The summed E-state index contributed by atoms with van der Waals surface area (Å²) in [5, 5.41) is 0. The molecule has 0 unspecified atom stereocenters. The third-order valence-electron chi connectivity index (χ3n) is 6.88. The van der Waals surface area contributed by atoms with Crippen molar-refractivity contribution < 1.29 is 13.9 Å². The molecule has 2 aromatic heterocycles. The minimum absolute atomic E-state index is 0.101. The highest BCUT2D eigenvalue weighted by Gasteiger charge is 2.57. The molecule has 0 saturated carbocycles. The Morgan fingerprint density at radius 2 is 1.87 bits per heavy atom. The molecule has 6 nitrogen and oxygen atoms in total. The summed E-state index contributed by atoms with van der Waals surface area (Å²) >= 11 is 0. The molecule has 1 aromatic carbocycles. The Morgan fingerprint density at radius 3 is 2.67 bits per heavy atom. The van der Waals surface area contributed by atoms with Gasteiger partial charge in [-0.25, -0.2) is 9.37 Å². The molecule has 0 N–H and O–H groups in total. The van der Waals surface area contributed by atoms with E-state index in [-0.39, 0.29) is 24.0 Å². The van der Waals surface area contributed by atoms with Crippen molar-refractivity contribution in [1.82, 2.24) is 14.3 Å². The standard InChI is InChI=1S/C23H23FN4O2/c24-17-9-13-27-19(8-12-25-21(17)27)26-14-10-23(11-15-26)22(29)28-18(6-7-20(28)30-23)16-4-2-1-3-5-16/h1-5,8-9,12-13,18,20H,6-7,10-11,14-15H2/t18-,20+/m0/s1. The molecule has 0 bridgehead atoms. The van der Waals surface area contributed by atoms with Gasteiger partial charge >= 0.3 is 0 Å². The van der Waals surface area contributed by atoms with Crippen LogP contribution in [0.3, 0.4) is 0 Å². The van der Waals surface area contributed by atoms with Gasteiger partial charge < -0.3 is 14.5 Å². The lowest BCUT2D eigenvalue weighted by atomic mass is 9.89. The van der Waals surface area contributed by atoms with Gasteiger partial charge in [0.25, 0.3) is 5.91 Å². The Bertz CT molecular complexity index is 1110. The lowest BCUT2D eigenvalue weighted by Crippen LogP contribution is -2.50. The van der Waals surface area contributed by atoms with Crippen LogP contribution in [0.4, 0.5) is 10.2 Å². The number of carbonyl (C=O) groups is 1. The van der Waals surface area contributed by atoms with E-state index in [2.05, 4.69) is 22.0 Å². The largest absolute Gasteiger partial charge is 0.357 e. The van der Waals surface area contributed by atoms with Crippen molar-refractivity contribution in [2.45, 2.75) is 43.6 Å². The van der Waals surface area contributed by atoms with Crippen molar-refractivity contribution in [3.63, 3.8) is 0 Å². The van der Waals surface area contributed by atoms with E-state index in [9.17, 15) is 9.18 Å². The van der Waals surface area contributed by atoms with E-state index >= 15 is 0 Å². The zero-order chi connectivity index (χ0) is 20.3. The average Bonchev–Trinajstić information content (AvgIpc) is 3.44. The molecule has 7 heteroatoms. The number of amides is 1. The maximum absolute atomic E-state index is 13.9. The third-order valence-corrected chi connectivity index (χ3v) is 6.88. The number of anilines is 1. The molecule has 0 radical (unpaired) electrons. The molecule has 5 heterocycles. The van der Waals surface area contributed by atoms with Crippen LogP contribution in [0.5, 0.6) is 0 Å². The molecule has 6 rings (SSSR count). The maximum Gasteiger partial charge on any atom is 0.257 e. The molecule has 3 saturated heterocycles. The van der Waals surface area contributed by atoms with E-state index in [1.54, 1.807) is 16.8 Å². The number of benzene rings is 1. The molecular formula is C23H23FN4O2. The number of rotatable bonds is 2. The van der Waals surface area contributed by atoms with Crippen molar-refractivity contribution >= 4 is 17.4 Å². The number of fused-ring (bicyclic) bond motifs is 2. The average molecular weight is 406 g/mol. The first-order valence-corrected chi connectivity index (χ1v) is 10.6. The third kappa shape index (κ3) is 2.51. The number of carbonyl (C=O) groups excluding carboxylic acids is 1. The van der Waals surface area contributed by atoms with Gasteiger partial charge in [-0.15, -0.1) is 0 Å². The lowest BCUT2D eigenvalue weighted by Gasteiger charge is -2.38. The summed E-state index contributed by atoms with van der Waals surface area (Å²) in [7, 11) is 0. The minimum Gasteiger partial charge on any atom is -0.357 e. The first kappa shape index (κ1) is 17.9. The summed E-state index contributed by atoms with van der Waals surface area (Å²) in [4.78, 5) is 21.8. The van der Waals surface area contributed by atoms with Crippen LogP contribution < -0.4 is 4.90 Å². The Hall–Kier alpha value is -2.93. The van der Waals surface area contributed by atoms with Gasteiger partial charge in [0.1, 0.15) is 12.0 Å². The van der Waals surface area contributed by atoms with Crippen LogP contribution >= 0.6 is 0 Å². The van der Waals surface area contributed by atoms with E-state index in [1.165, 1.54) is 11.6 Å². The zero-order valence-electron chi connectivity index (χ0n) is 16.6. The molecule has 3 aliphatic heterocycles. The summed E-state index contributed by atoms with van der Waals surface area (Å²) < 4.78 is 22.1. The van der Waals surface area contributed by atoms with Crippen LogP contribution in [0.2, 0.25) is 0 Å². The van der Waals surface area contributed by atoms with Gasteiger partial charge in [0.05, 0.1) is 6.04 Å². The molecule has 1 amide bonds. The monoisotopic (exact) mass is 406 g/mol. The van der Waals surface area contributed by atoms with Gasteiger partial charge in [-0.2, -0.15) is 0 Å². The highest BCUT2D eigenvalue weighted by molar-refractivity contribution is 5.88. The van der Waals surface area contributed by atoms with Crippen LogP contribution in [0.25, 0.3) is 5.65 Å². The molecule has 3 aliphatic rings. The van der Waals surface area contributed by atoms with Gasteiger partial charge in [-0.3, -0.25) is 9.20 Å². The number of hydrogen-bond acceptors (Lipinski definition) is 4. The Morgan fingerprint density at radius 1 is 1.07 bits per heavy atom. The Balaban J connectivity index is 1.23.